The summed E-state index contributed by atoms with van der Waals surface area (Å²) in [4.78, 5) is 12.0. The number of ether oxygens (including phenoxy) is 1. The minimum atomic E-state index is -0.354. The molecule has 1 amide bonds. The van der Waals surface area contributed by atoms with Crippen molar-refractivity contribution in [2.45, 2.75) is 78.7 Å². The van der Waals surface area contributed by atoms with Gasteiger partial charge in [-0.3, -0.25) is 0 Å². The number of hydrogen-bond donors (Lipinski definition) is 1. The average molecular weight is 287 g/mol. The first-order valence-corrected chi connectivity index (χ1v) is 7.95. The number of carbonyl (C=O) groups excluding carboxylic acids is 1. The topological polar surface area (TPSA) is 52.3 Å². The summed E-state index contributed by atoms with van der Waals surface area (Å²) in [6, 6.07) is 0. The van der Waals surface area contributed by atoms with Gasteiger partial charge in [-0.2, -0.15) is 10.6 Å². The van der Waals surface area contributed by atoms with E-state index in [1.165, 1.54) is 25.7 Å². The summed E-state index contributed by atoms with van der Waals surface area (Å²) in [7, 11) is 1.69. The SMILES string of the molecule is CCC(C)CCCCCCOC(=O)[N+](C)(N)C(C)(C)C. The summed E-state index contributed by atoms with van der Waals surface area (Å²) < 4.78 is 5.06. The molecule has 20 heavy (non-hydrogen) atoms. The molecule has 0 bridgehead atoms. The molecule has 4 nitrogen and oxygen atoms in total. The molecule has 0 aromatic rings. The molecule has 2 N–H and O–H groups in total. The van der Waals surface area contributed by atoms with E-state index < -0.39 is 0 Å². The van der Waals surface area contributed by atoms with Gasteiger partial charge in [0.05, 0.1) is 13.7 Å². The fourth-order valence-corrected chi connectivity index (χ4v) is 1.72. The van der Waals surface area contributed by atoms with Crippen LogP contribution >= 0.6 is 0 Å². The first-order valence-electron chi connectivity index (χ1n) is 7.95. The van der Waals surface area contributed by atoms with Gasteiger partial charge in [0, 0.05) is 0 Å². The van der Waals surface area contributed by atoms with Crippen molar-refractivity contribution in [1.82, 2.24) is 0 Å². The average Bonchev–Trinajstić information content (AvgIpc) is 2.35. The highest BCUT2D eigenvalue weighted by Crippen LogP contribution is 2.18. The van der Waals surface area contributed by atoms with E-state index in [1.807, 2.05) is 20.8 Å². The van der Waals surface area contributed by atoms with E-state index in [0.717, 1.165) is 18.8 Å². The number of nitrogens with two attached hydrogens (primary N) is 1. The van der Waals surface area contributed by atoms with Gasteiger partial charge in [-0.1, -0.05) is 46.0 Å². The van der Waals surface area contributed by atoms with Crippen LogP contribution in [0.5, 0.6) is 0 Å². The quantitative estimate of drug-likeness (QED) is 0.239. The third-order valence-corrected chi connectivity index (χ3v) is 4.29. The Bertz CT molecular complexity index is 283. The summed E-state index contributed by atoms with van der Waals surface area (Å²) in [6.07, 6.45) is 6.75. The summed E-state index contributed by atoms with van der Waals surface area (Å²) in [5, 5.41) is 0. The van der Waals surface area contributed by atoms with Crippen molar-refractivity contribution >= 4 is 6.09 Å². The Balaban J connectivity index is 3.73. The maximum absolute atomic E-state index is 12.0. The summed E-state index contributed by atoms with van der Waals surface area (Å²) in [6.45, 7) is 10.8. The highest BCUT2D eigenvalue weighted by atomic mass is 16.6. The fourth-order valence-electron chi connectivity index (χ4n) is 1.72. The Labute approximate surface area is 125 Å². The standard InChI is InChI=1S/C16H35N2O2/c1-7-14(2)12-10-8-9-11-13-20-15(19)18(6,17)16(3,4)5/h14H,7-13,17H2,1-6H3/q+1. The molecule has 0 aliphatic heterocycles. The van der Waals surface area contributed by atoms with Crippen LogP contribution in [0.15, 0.2) is 0 Å². The largest absolute Gasteiger partial charge is 0.535 e. The van der Waals surface area contributed by atoms with Crippen LogP contribution in [-0.2, 0) is 4.74 Å². The van der Waals surface area contributed by atoms with Gasteiger partial charge in [0.1, 0.15) is 5.54 Å². The fraction of sp³-hybridized carbons (Fsp3) is 0.938. The smallest absolute Gasteiger partial charge is 0.419 e. The molecule has 0 aliphatic carbocycles. The summed E-state index contributed by atoms with van der Waals surface area (Å²) in [5.74, 6) is 6.84. The van der Waals surface area contributed by atoms with E-state index in [2.05, 4.69) is 13.8 Å². The predicted octanol–water partition coefficient (Wildman–Crippen LogP) is 4.24. The monoisotopic (exact) mass is 287 g/mol. The van der Waals surface area contributed by atoms with Crippen LogP contribution in [0.1, 0.15) is 73.1 Å². The van der Waals surface area contributed by atoms with Crippen LogP contribution in [0.4, 0.5) is 4.79 Å². The van der Waals surface area contributed by atoms with Crippen LogP contribution in [0, 0.1) is 5.92 Å². The molecule has 0 fully saturated rings. The lowest BCUT2D eigenvalue weighted by Gasteiger charge is -2.36. The van der Waals surface area contributed by atoms with Gasteiger partial charge in [0.15, 0.2) is 0 Å². The Morgan fingerprint density at radius 1 is 1.20 bits per heavy atom. The Morgan fingerprint density at radius 3 is 2.25 bits per heavy atom. The molecule has 0 aromatic heterocycles. The maximum atomic E-state index is 12.0. The molecule has 0 aliphatic rings. The minimum Gasteiger partial charge on any atom is -0.419 e. The van der Waals surface area contributed by atoms with Crippen LogP contribution in [0.25, 0.3) is 0 Å². The number of quaternary nitrogens is 1. The molecule has 0 radical (unpaired) electrons. The number of nitrogens with zero attached hydrogens (tertiary/aromatic N) is 1. The van der Waals surface area contributed by atoms with Crippen molar-refractivity contribution in [1.29, 1.82) is 0 Å². The van der Waals surface area contributed by atoms with Gasteiger partial charge in [-0.05, 0) is 33.1 Å². The van der Waals surface area contributed by atoms with E-state index in [0.29, 0.717) is 6.61 Å². The molecule has 120 valence electrons. The number of carbonyl (C=O) groups is 1. The highest BCUT2D eigenvalue weighted by molar-refractivity contribution is 5.59. The third kappa shape index (κ3) is 6.71. The molecular formula is C16H35N2O2+. The first kappa shape index (κ1) is 19.4. The summed E-state index contributed by atoms with van der Waals surface area (Å²) in [5.41, 5.74) is -0.354. The molecule has 0 saturated heterocycles. The van der Waals surface area contributed by atoms with Gasteiger partial charge in [0.2, 0.25) is 0 Å². The number of rotatable bonds is 8. The molecule has 2 atom stereocenters. The van der Waals surface area contributed by atoms with Crippen LogP contribution in [0.3, 0.4) is 0 Å². The van der Waals surface area contributed by atoms with E-state index >= 15 is 0 Å². The lowest BCUT2D eigenvalue weighted by molar-refractivity contribution is -0.896. The zero-order valence-electron chi connectivity index (χ0n) is 14.4. The zero-order chi connectivity index (χ0) is 15.8. The molecule has 4 heteroatoms. The molecule has 0 heterocycles. The highest BCUT2D eigenvalue weighted by Gasteiger charge is 2.42. The molecule has 0 rings (SSSR count). The maximum Gasteiger partial charge on any atom is 0.535 e. The van der Waals surface area contributed by atoms with Crippen LogP contribution in [0.2, 0.25) is 0 Å². The summed E-state index contributed by atoms with van der Waals surface area (Å²) >= 11 is 0. The van der Waals surface area contributed by atoms with Crippen LogP contribution in [-0.4, -0.2) is 29.9 Å². The van der Waals surface area contributed by atoms with E-state index in [9.17, 15) is 4.79 Å². The van der Waals surface area contributed by atoms with Gasteiger partial charge in [-0.25, -0.2) is 0 Å². The molecule has 0 spiro atoms. The normalized spacial score (nSPS) is 16.6. The molecule has 0 aromatic carbocycles. The van der Waals surface area contributed by atoms with Crippen molar-refractivity contribution in [2.24, 2.45) is 11.8 Å². The van der Waals surface area contributed by atoms with Crippen LogP contribution < -0.4 is 5.84 Å². The Hall–Kier alpha value is -0.610. The van der Waals surface area contributed by atoms with E-state index in [1.54, 1.807) is 7.05 Å². The second kappa shape index (κ2) is 8.63. The number of hydrogen-bond acceptors (Lipinski definition) is 3. The molecule has 2 unspecified atom stereocenters. The predicted molar refractivity (Wildman–Crippen MR) is 84.0 cm³/mol. The van der Waals surface area contributed by atoms with Crippen molar-refractivity contribution in [3.05, 3.63) is 0 Å². The van der Waals surface area contributed by atoms with Gasteiger partial charge in [-0.15, -0.1) is 4.59 Å². The lowest BCUT2D eigenvalue weighted by atomic mass is 10.0. The van der Waals surface area contributed by atoms with Crippen molar-refractivity contribution in [3.8, 4) is 0 Å². The lowest BCUT2D eigenvalue weighted by Crippen LogP contribution is -2.66. The van der Waals surface area contributed by atoms with E-state index in [-0.39, 0.29) is 16.2 Å². The van der Waals surface area contributed by atoms with Crippen molar-refractivity contribution in [3.63, 3.8) is 0 Å². The zero-order valence-corrected chi connectivity index (χ0v) is 14.4. The minimum absolute atomic E-state index is 0.235. The van der Waals surface area contributed by atoms with Gasteiger partial charge in [0.25, 0.3) is 0 Å². The van der Waals surface area contributed by atoms with Crippen molar-refractivity contribution < 1.29 is 14.1 Å². The first-order chi connectivity index (χ1) is 9.13. The Kier molecular flexibility index (Phi) is 8.36. The van der Waals surface area contributed by atoms with Gasteiger partial charge >= 0.3 is 6.09 Å². The van der Waals surface area contributed by atoms with E-state index in [4.69, 9.17) is 10.6 Å². The Morgan fingerprint density at radius 2 is 1.75 bits per heavy atom. The second-order valence-electron chi connectivity index (χ2n) is 7.08. The molecule has 0 saturated carbocycles. The second-order valence-corrected chi connectivity index (χ2v) is 7.08. The van der Waals surface area contributed by atoms with Gasteiger partial charge < -0.3 is 4.74 Å². The van der Waals surface area contributed by atoms with Crippen molar-refractivity contribution in [2.75, 3.05) is 13.7 Å². The number of amides is 1. The third-order valence-electron chi connectivity index (χ3n) is 4.29. The molecular weight excluding hydrogens is 252 g/mol. The number of unbranched alkanes of at least 4 members (excludes halogenated alkanes) is 3.